The van der Waals surface area contributed by atoms with Gasteiger partial charge < -0.3 is 15.2 Å². The maximum atomic E-state index is 5.83. The minimum Gasteiger partial charge on any atom is -0.491 e. The number of benzene rings is 1. The fourth-order valence-electron chi connectivity index (χ4n) is 1.17. The summed E-state index contributed by atoms with van der Waals surface area (Å²) in [7, 11) is 0. The van der Waals surface area contributed by atoms with Gasteiger partial charge in [-0.15, -0.1) is 0 Å². The quantitative estimate of drug-likeness (QED) is 0.759. The Morgan fingerprint density at radius 2 is 2.07 bits per heavy atom. The first-order valence-electron chi connectivity index (χ1n) is 4.91. The molecule has 0 aliphatic rings. The van der Waals surface area contributed by atoms with Crippen LogP contribution in [0.4, 0.5) is 0 Å². The molecule has 0 aliphatic heterocycles. The van der Waals surface area contributed by atoms with E-state index in [1.165, 1.54) is 0 Å². The van der Waals surface area contributed by atoms with Crippen LogP contribution in [0.25, 0.3) is 0 Å². The maximum Gasteiger partial charge on any atom is 0.122 e. The molecule has 15 heavy (non-hydrogen) atoms. The third-order valence-electron chi connectivity index (χ3n) is 1.88. The molecule has 4 heteroatoms. The van der Waals surface area contributed by atoms with Gasteiger partial charge in [0.25, 0.3) is 0 Å². The van der Waals surface area contributed by atoms with E-state index in [0.717, 1.165) is 16.3 Å². The van der Waals surface area contributed by atoms with Crippen molar-refractivity contribution in [2.45, 2.75) is 6.92 Å². The van der Waals surface area contributed by atoms with Gasteiger partial charge in [0.2, 0.25) is 0 Å². The van der Waals surface area contributed by atoms with Gasteiger partial charge in [-0.3, -0.25) is 0 Å². The Hall–Kier alpha value is -0.770. The molecule has 84 valence electrons. The minimum absolute atomic E-state index is 0.530. The number of rotatable bonds is 6. The Morgan fingerprint density at radius 1 is 1.27 bits per heavy atom. The third-order valence-corrected chi connectivity index (χ3v) is 2.12. The standard InChI is InChI=1S/C11H16ClNO2/c1-9-8-10(12)2-3-11(9)15-7-6-14-5-4-13/h2-3,8H,4-7,13H2,1H3. The highest BCUT2D eigenvalue weighted by molar-refractivity contribution is 6.30. The summed E-state index contributed by atoms with van der Waals surface area (Å²) in [5, 5.41) is 0.722. The molecule has 0 bridgehead atoms. The molecule has 1 aromatic carbocycles. The molecule has 0 fully saturated rings. The highest BCUT2D eigenvalue weighted by Crippen LogP contribution is 2.21. The van der Waals surface area contributed by atoms with E-state index in [9.17, 15) is 0 Å². The van der Waals surface area contributed by atoms with Crippen molar-refractivity contribution in [3.05, 3.63) is 28.8 Å². The van der Waals surface area contributed by atoms with Crippen LogP contribution in [0, 0.1) is 6.92 Å². The van der Waals surface area contributed by atoms with Gasteiger partial charge in [-0.05, 0) is 30.7 Å². The molecule has 0 atom stereocenters. The van der Waals surface area contributed by atoms with Crippen molar-refractivity contribution in [2.75, 3.05) is 26.4 Å². The average molecular weight is 230 g/mol. The second-order valence-corrected chi connectivity index (χ2v) is 3.60. The number of hydrogen-bond acceptors (Lipinski definition) is 3. The molecule has 0 saturated carbocycles. The van der Waals surface area contributed by atoms with Crippen LogP contribution in [0.1, 0.15) is 5.56 Å². The minimum atomic E-state index is 0.530. The second-order valence-electron chi connectivity index (χ2n) is 3.16. The molecule has 3 nitrogen and oxygen atoms in total. The van der Waals surface area contributed by atoms with Crippen molar-refractivity contribution in [3.63, 3.8) is 0 Å². The van der Waals surface area contributed by atoms with Crippen molar-refractivity contribution in [1.29, 1.82) is 0 Å². The summed E-state index contributed by atoms with van der Waals surface area (Å²) < 4.78 is 10.7. The zero-order valence-corrected chi connectivity index (χ0v) is 9.59. The lowest BCUT2D eigenvalue weighted by Crippen LogP contribution is -2.13. The molecular formula is C11H16ClNO2. The van der Waals surface area contributed by atoms with Crippen molar-refractivity contribution in [2.24, 2.45) is 5.73 Å². The SMILES string of the molecule is Cc1cc(Cl)ccc1OCCOCCN. The number of halogens is 1. The lowest BCUT2D eigenvalue weighted by molar-refractivity contribution is 0.105. The molecule has 0 aliphatic carbocycles. The van der Waals surface area contributed by atoms with Gasteiger partial charge in [-0.25, -0.2) is 0 Å². The summed E-state index contributed by atoms with van der Waals surface area (Å²) in [4.78, 5) is 0. The van der Waals surface area contributed by atoms with Crippen LogP contribution in [0.2, 0.25) is 5.02 Å². The van der Waals surface area contributed by atoms with Gasteiger partial charge in [0.15, 0.2) is 0 Å². The zero-order chi connectivity index (χ0) is 11.1. The van der Waals surface area contributed by atoms with E-state index in [-0.39, 0.29) is 0 Å². The summed E-state index contributed by atoms with van der Waals surface area (Å²) >= 11 is 5.83. The van der Waals surface area contributed by atoms with Crippen LogP contribution in [-0.2, 0) is 4.74 Å². The van der Waals surface area contributed by atoms with Gasteiger partial charge in [0, 0.05) is 11.6 Å². The molecule has 1 rings (SSSR count). The predicted molar refractivity (Wildman–Crippen MR) is 61.6 cm³/mol. The van der Waals surface area contributed by atoms with E-state index in [1.807, 2.05) is 25.1 Å². The molecule has 1 aromatic rings. The highest BCUT2D eigenvalue weighted by Gasteiger charge is 1.99. The molecule has 0 amide bonds. The van der Waals surface area contributed by atoms with E-state index in [2.05, 4.69) is 0 Å². The smallest absolute Gasteiger partial charge is 0.122 e. The van der Waals surface area contributed by atoms with E-state index in [1.54, 1.807) is 0 Å². The number of nitrogens with two attached hydrogens (primary N) is 1. The highest BCUT2D eigenvalue weighted by atomic mass is 35.5. The molecule has 0 radical (unpaired) electrons. The van der Waals surface area contributed by atoms with Crippen molar-refractivity contribution in [3.8, 4) is 5.75 Å². The zero-order valence-electron chi connectivity index (χ0n) is 8.83. The summed E-state index contributed by atoms with van der Waals surface area (Å²) in [6.45, 7) is 4.16. The van der Waals surface area contributed by atoms with E-state index >= 15 is 0 Å². The van der Waals surface area contributed by atoms with Crippen molar-refractivity contribution in [1.82, 2.24) is 0 Å². The number of aryl methyl sites for hydroxylation is 1. The van der Waals surface area contributed by atoms with Crippen molar-refractivity contribution < 1.29 is 9.47 Å². The molecule has 0 heterocycles. The first-order chi connectivity index (χ1) is 7.24. The van der Waals surface area contributed by atoms with Crippen LogP contribution < -0.4 is 10.5 Å². The van der Waals surface area contributed by atoms with Crippen LogP contribution in [0.15, 0.2) is 18.2 Å². The number of ether oxygens (including phenoxy) is 2. The average Bonchev–Trinajstić information content (AvgIpc) is 2.20. The fraction of sp³-hybridized carbons (Fsp3) is 0.455. The Labute approximate surface area is 95.1 Å². The lowest BCUT2D eigenvalue weighted by atomic mass is 10.2. The van der Waals surface area contributed by atoms with Crippen LogP contribution in [0.3, 0.4) is 0 Å². The Morgan fingerprint density at radius 3 is 2.73 bits per heavy atom. The van der Waals surface area contributed by atoms with Gasteiger partial charge in [-0.1, -0.05) is 11.6 Å². The first-order valence-corrected chi connectivity index (χ1v) is 5.28. The Bertz CT molecular complexity index is 305. The molecule has 2 N–H and O–H groups in total. The lowest BCUT2D eigenvalue weighted by Gasteiger charge is -2.09. The first kappa shape index (κ1) is 12.3. The van der Waals surface area contributed by atoms with E-state index in [0.29, 0.717) is 26.4 Å². The molecule has 0 saturated heterocycles. The summed E-state index contributed by atoms with van der Waals surface area (Å²) in [5.41, 5.74) is 6.31. The number of hydrogen-bond donors (Lipinski definition) is 1. The van der Waals surface area contributed by atoms with Crippen LogP contribution >= 0.6 is 11.6 Å². The summed E-state index contributed by atoms with van der Waals surface area (Å²) in [6.07, 6.45) is 0. The molecule has 0 aromatic heterocycles. The maximum absolute atomic E-state index is 5.83. The predicted octanol–water partition coefficient (Wildman–Crippen LogP) is 2.00. The summed E-state index contributed by atoms with van der Waals surface area (Å²) in [5.74, 6) is 0.843. The third kappa shape index (κ3) is 4.51. The van der Waals surface area contributed by atoms with Gasteiger partial charge >= 0.3 is 0 Å². The summed E-state index contributed by atoms with van der Waals surface area (Å²) in [6, 6.07) is 5.54. The fourth-order valence-corrected chi connectivity index (χ4v) is 1.40. The van der Waals surface area contributed by atoms with E-state index in [4.69, 9.17) is 26.8 Å². The van der Waals surface area contributed by atoms with Crippen LogP contribution in [0.5, 0.6) is 5.75 Å². The molecule has 0 unspecified atom stereocenters. The van der Waals surface area contributed by atoms with Crippen LogP contribution in [-0.4, -0.2) is 26.4 Å². The second kappa shape index (κ2) is 6.67. The van der Waals surface area contributed by atoms with E-state index < -0.39 is 0 Å². The normalized spacial score (nSPS) is 10.3. The monoisotopic (exact) mass is 229 g/mol. The molecular weight excluding hydrogens is 214 g/mol. The largest absolute Gasteiger partial charge is 0.491 e. The Balaban J connectivity index is 2.31. The molecule has 0 spiro atoms. The van der Waals surface area contributed by atoms with Gasteiger partial charge in [-0.2, -0.15) is 0 Å². The van der Waals surface area contributed by atoms with Gasteiger partial charge in [0.1, 0.15) is 12.4 Å². The van der Waals surface area contributed by atoms with Crippen molar-refractivity contribution >= 4 is 11.6 Å². The van der Waals surface area contributed by atoms with Gasteiger partial charge in [0.05, 0.1) is 13.2 Å². The topological polar surface area (TPSA) is 44.5 Å². The Kier molecular flexibility index (Phi) is 5.47.